The lowest BCUT2D eigenvalue weighted by Crippen LogP contribution is -2.36. The number of aryl methyl sites for hydroxylation is 1. The summed E-state index contributed by atoms with van der Waals surface area (Å²) in [5, 5.41) is 18.1. The van der Waals surface area contributed by atoms with Crippen molar-refractivity contribution in [3.8, 4) is 6.07 Å². The molecule has 0 fully saturated rings. The third-order valence-electron chi connectivity index (χ3n) is 1.96. The molecule has 1 N–H and O–H groups in total. The summed E-state index contributed by atoms with van der Waals surface area (Å²) in [5.74, 6) is -0.635. The van der Waals surface area contributed by atoms with E-state index in [4.69, 9.17) is 21.6 Å². The summed E-state index contributed by atoms with van der Waals surface area (Å²) in [6, 6.07) is 3.11. The third kappa shape index (κ3) is 2.07. The monoisotopic (exact) mass is 241 g/mol. The van der Waals surface area contributed by atoms with Crippen molar-refractivity contribution in [3.05, 3.63) is 28.0 Å². The maximum atomic E-state index is 11.5. The van der Waals surface area contributed by atoms with Gasteiger partial charge in [0, 0.05) is 17.7 Å². The number of carbonyl (C=O) groups is 1. The lowest BCUT2D eigenvalue weighted by Gasteiger charge is -2.03. The van der Waals surface area contributed by atoms with Crippen molar-refractivity contribution in [1.29, 1.82) is 5.26 Å². The van der Waals surface area contributed by atoms with E-state index in [9.17, 15) is 10.0 Å². The lowest BCUT2D eigenvalue weighted by molar-refractivity contribution is -0.907. The summed E-state index contributed by atoms with van der Waals surface area (Å²) in [6.45, 7) is 3.41. The Bertz CT molecular complexity index is 480. The topological polar surface area (TPSA) is 74.2 Å². The first-order valence-electron chi connectivity index (χ1n) is 4.54. The van der Waals surface area contributed by atoms with Gasteiger partial charge in [0.25, 0.3) is 0 Å². The van der Waals surface area contributed by atoms with E-state index in [0.717, 1.165) is 0 Å². The van der Waals surface area contributed by atoms with Crippen LogP contribution in [0.3, 0.4) is 0 Å². The van der Waals surface area contributed by atoms with Gasteiger partial charge in [-0.15, -0.1) is 0 Å². The highest BCUT2D eigenvalue weighted by Crippen LogP contribution is 2.17. The minimum absolute atomic E-state index is 0.0529. The Kier molecular flexibility index (Phi) is 3.69. The SMILES string of the molecule is CCOC(=O)c1cc(C)[n+](O)c(Cl)c1C#N. The van der Waals surface area contributed by atoms with Crippen LogP contribution in [0.5, 0.6) is 0 Å². The molecule has 16 heavy (non-hydrogen) atoms. The van der Waals surface area contributed by atoms with Gasteiger partial charge in [-0.1, -0.05) is 0 Å². The molecule has 5 nitrogen and oxygen atoms in total. The zero-order valence-electron chi connectivity index (χ0n) is 8.82. The fourth-order valence-corrected chi connectivity index (χ4v) is 1.47. The van der Waals surface area contributed by atoms with Crippen molar-refractivity contribution in [2.24, 2.45) is 0 Å². The van der Waals surface area contributed by atoms with Crippen LogP contribution in [0.4, 0.5) is 0 Å². The fraction of sp³-hybridized carbons (Fsp3) is 0.300. The quantitative estimate of drug-likeness (QED) is 0.366. The molecule has 0 spiro atoms. The summed E-state index contributed by atoms with van der Waals surface area (Å²) >= 11 is 5.73. The summed E-state index contributed by atoms with van der Waals surface area (Å²) in [7, 11) is 0. The van der Waals surface area contributed by atoms with Crippen LogP contribution < -0.4 is 4.73 Å². The van der Waals surface area contributed by atoms with Crippen molar-refractivity contribution >= 4 is 17.6 Å². The molecule has 0 aliphatic heterocycles. The maximum absolute atomic E-state index is 11.5. The zero-order valence-corrected chi connectivity index (χ0v) is 9.58. The van der Waals surface area contributed by atoms with Gasteiger partial charge in [-0.2, -0.15) is 5.26 Å². The molecule has 0 saturated heterocycles. The second-order valence-electron chi connectivity index (χ2n) is 3.01. The number of aromatic nitrogens is 1. The van der Waals surface area contributed by atoms with Crippen LogP contribution in [-0.2, 0) is 4.74 Å². The predicted octanol–water partition coefficient (Wildman–Crippen LogP) is 1.22. The van der Waals surface area contributed by atoms with E-state index in [2.05, 4.69) is 0 Å². The van der Waals surface area contributed by atoms with Gasteiger partial charge in [-0.05, 0) is 18.5 Å². The van der Waals surface area contributed by atoms with Crippen LogP contribution in [0.2, 0.25) is 5.15 Å². The minimum Gasteiger partial charge on any atom is -0.462 e. The second-order valence-corrected chi connectivity index (χ2v) is 3.37. The van der Waals surface area contributed by atoms with Crippen molar-refractivity contribution in [2.45, 2.75) is 13.8 Å². The van der Waals surface area contributed by atoms with Crippen LogP contribution in [0.25, 0.3) is 0 Å². The van der Waals surface area contributed by atoms with Gasteiger partial charge in [-0.3, -0.25) is 5.21 Å². The van der Waals surface area contributed by atoms with E-state index in [1.54, 1.807) is 19.9 Å². The standard InChI is InChI=1S/C10H10ClN2O3/c1-3-16-10(14)7-4-6(2)13(15)9(11)8(7)5-12/h4,15H,3H2,1-2H3/q+1. The fourth-order valence-electron chi connectivity index (χ4n) is 1.19. The molecule has 0 amide bonds. The number of nitrogens with zero attached hydrogens (tertiary/aromatic N) is 2. The van der Waals surface area contributed by atoms with Crippen molar-refractivity contribution in [1.82, 2.24) is 0 Å². The number of rotatable bonds is 2. The smallest absolute Gasteiger partial charge is 0.343 e. The normalized spacial score (nSPS) is 9.62. The first-order valence-corrected chi connectivity index (χ1v) is 4.92. The highest BCUT2D eigenvalue weighted by atomic mass is 35.5. The molecule has 0 radical (unpaired) electrons. The molecule has 1 aromatic rings. The number of esters is 1. The highest BCUT2D eigenvalue weighted by Gasteiger charge is 2.26. The molecule has 0 saturated carbocycles. The number of halogens is 1. The van der Waals surface area contributed by atoms with Crippen molar-refractivity contribution < 1.29 is 19.5 Å². The first kappa shape index (κ1) is 12.3. The number of ether oxygens (including phenoxy) is 1. The van der Waals surface area contributed by atoms with Crippen LogP contribution in [0, 0.1) is 18.3 Å². The van der Waals surface area contributed by atoms with Gasteiger partial charge in [0.05, 0.1) is 12.2 Å². The number of nitriles is 1. The van der Waals surface area contributed by atoms with Gasteiger partial charge in [0.15, 0.2) is 5.56 Å². The molecular weight excluding hydrogens is 232 g/mol. The Morgan fingerprint density at radius 3 is 2.88 bits per heavy atom. The van der Waals surface area contributed by atoms with Crippen LogP contribution in [-0.4, -0.2) is 17.8 Å². The van der Waals surface area contributed by atoms with E-state index >= 15 is 0 Å². The molecule has 0 aliphatic rings. The molecule has 0 atom stereocenters. The largest absolute Gasteiger partial charge is 0.462 e. The number of carbonyl (C=O) groups excluding carboxylic acids is 1. The molecule has 0 aliphatic carbocycles. The highest BCUT2D eigenvalue weighted by molar-refractivity contribution is 6.30. The Balaban J connectivity index is 3.40. The summed E-state index contributed by atoms with van der Waals surface area (Å²) in [4.78, 5) is 11.5. The second kappa shape index (κ2) is 4.81. The van der Waals surface area contributed by atoms with Crippen LogP contribution in [0.1, 0.15) is 28.5 Å². The molecule has 84 valence electrons. The third-order valence-corrected chi connectivity index (χ3v) is 2.31. The Hall–Kier alpha value is -1.80. The Morgan fingerprint density at radius 1 is 1.75 bits per heavy atom. The first-order chi connectivity index (χ1) is 7.52. The number of hydrogen-bond acceptors (Lipinski definition) is 4. The molecule has 0 aromatic carbocycles. The van der Waals surface area contributed by atoms with Crippen molar-refractivity contribution in [2.75, 3.05) is 6.61 Å². The van der Waals surface area contributed by atoms with Gasteiger partial charge in [0.2, 0.25) is 5.69 Å². The van der Waals surface area contributed by atoms with E-state index in [0.29, 0.717) is 10.4 Å². The van der Waals surface area contributed by atoms with E-state index in [1.807, 2.05) is 0 Å². The molecular formula is C10H10ClN2O3+. The van der Waals surface area contributed by atoms with E-state index in [-0.39, 0.29) is 22.9 Å². The summed E-state index contributed by atoms with van der Waals surface area (Å²) in [6.07, 6.45) is 0. The van der Waals surface area contributed by atoms with Crippen LogP contribution >= 0.6 is 11.6 Å². The van der Waals surface area contributed by atoms with E-state index in [1.165, 1.54) is 6.07 Å². The average molecular weight is 242 g/mol. The molecule has 1 heterocycles. The minimum atomic E-state index is -0.635. The summed E-state index contributed by atoms with van der Waals surface area (Å²) in [5.41, 5.74) is 0.289. The molecule has 1 rings (SSSR count). The van der Waals surface area contributed by atoms with Gasteiger partial charge >= 0.3 is 11.1 Å². The Morgan fingerprint density at radius 2 is 2.38 bits per heavy atom. The lowest BCUT2D eigenvalue weighted by atomic mass is 10.1. The van der Waals surface area contributed by atoms with Gasteiger partial charge in [-0.25, -0.2) is 4.79 Å². The molecule has 0 unspecified atom stereocenters. The number of pyridine rings is 1. The summed E-state index contributed by atoms with van der Waals surface area (Å²) < 4.78 is 5.42. The Labute approximate surface area is 97.4 Å². The molecule has 0 bridgehead atoms. The molecule has 1 aromatic heterocycles. The zero-order chi connectivity index (χ0) is 12.3. The van der Waals surface area contributed by atoms with Gasteiger partial charge < -0.3 is 4.74 Å². The maximum Gasteiger partial charge on any atom is 0.343 e. The van der Waals surface area contributed by atoms with Gasteiger partial charge in [0.1, 0.15) is 6.07 Å². The average Bonchev–Trinajstić information content (AvgIpc) is 2.26. The molecule has 6 heteroatoms. The van der Waals surface area contributed by atoms with Crippen molar-refractivity contribution in [3.63, 3.8) is 0 Å². The predicted molar refractivity (Wildman–Crippen MR) is 54.2 cm³/mol. The van der Waals surface area contributed by atoms with E-state index < -0.39 is 5.97 Å². The van der Waals surface area contributed by atoms with Crippen LogP contribution in [0.15, 0.2) is 6.07 Å². The number of hydrogen-bond donors (Lipinski definition) is 1.